The average molecular weight is 487 g/mol. The first-order chi connectivity index (χ1) is 17.4. The molecule has 2 aromatic carbocycles. The SMILES string of the molecule is Nc1nc(F)c(-c2ccc([C@]34C[C@H]3CN(CC3CC3)C4)cc2)cc1-c1cc(F)c2c(c1)CCNC2=O. The maximum absolute atomic E-state index is 15.0. The number of nitrogens with zero attached hydrogens (tertiary/aromatic N) is 2. The molecule has 7 rings (SSSR count). The molecule has 3 heterocycles. The van der Waals surface area contributed by atoms with Crippen molar-refractivity contribution >= 4 is 11.7 Å². The summed E-state index contributed by atoms with van der Waals surface area (Å²) in [6, 6.07) is 12.9. The maximum Gasteiger partial charge on any atom is 0.254 e. The lowest BCUT2D eigenvalue weighted by atomic mass is 9.91. The van der Waals surface area contributed by atoms with E-state index in [4.69, 9.17) is 5.73 Å². The van der Waals surface area contributed by atoms with Crippen LogP contribution >= 0.6 is 0 Å². The Kier molecular flexibility index (Phi) is 4.77. The van der Waals surface area contributed by atoms with Gasteiger partial charge < -0.3 is 16.0 Å². The molecular weight excluding hydrogens is 458 g/mol. The minimum atomic E-state index is -0.652. The van der Waals surface area contributed by atoms with Crippen LogP contribution in [0.25, 0.3) is 22.3 Å². The van der Waals surface area contributed by atoms with Crippen molar-refractivity contribution in [2.24, 2.45) is 11.8 Å². The van der Waals surface area contributed by atoms with E-state index >= 15 is 0 Å². The van der Waals surface area contributed by atoms with Crippen LogP contribution in [0.2, 0.25) is 0 Å². The number of amides is 1. The van der Waals surface area contributed by atoms with Crippen LogP contribution in [0.3, 0.4) is 0 Å². The molecule has 1 aromatic heterocycles. The monoisotopic (exact) mass is 486 g/mol. The maximum atomic E-state index is 15.0. The van der Waals surface area contributed by atoms with Crippen LogP contribution in [0.4, 0.5) is 14.6 Å². The second-order valence-corrected chi connectivity index (χ2v) is 11.0. The summed E-state index contributed by atoms with van der Waals surface area (Å²) in [6.07, 6.45) is 4.51. The standard InChI is InChI=1S/C29H28F2N4O/c30-24-10-19(9-18-7-8-33-28(36)25(18)24)23-11-22(26(31)34-27(23)32)17-3-5-20(6-4-17)29-12-21(29)14-35(15-29)13-16-1-2-16/h3-6,9-11,16,21H,1-2,7-8,12-15H2,(H2,32,34)(H,33,36)/t21-,29+/m0/s1. The summed E-state index contributed by atoms with van der Waals surface area (Å²) < 4.78 is 29.8. The molecule has 4 aliphatic rings. The van der Waals surface area contributed by atoms with Gasteiger partial charge in [0.25, 0.3) is 5.91 Å². The number of carbonyl (C=O) groups excluding carboxylic acids is 1. The fraction of sp³-hybridized carbons (Fsp3) is 0.379. The third kappa shape index (κ3) is 3.52. The molecule has 1 saturated heterocycles. The number of hydrogen-bond acceptors (Lipinski definition) is 4. The highest BCUT2D eigenvalue weighted by Crippen LogP contribution is 2.59. The third-order valence-electron chi connectivity index (χ3n) is 8.60. The van der Waals surface area contributed by atoms with Crippen molar-refractivity contribution in [3.05, 3.63) is 70.9 Å². The molecule has 2 saturated carbocycles. The largest absolute Gasteiger partial charge is 0.383 e. The Labute approximate surface area is 208 Å². The number of aromatic nitrogens is 1. The van der Waals surface area contributed by atoms with Crippen molar-refractivity contribution in [2.45, 2.75) is 31.1 Å². The van der Waals surface area contributed by atoms with E-state index in [9.17, 15) is 13.6 Å². The second-order valence-electron chi connectivity index (χ2n) is 11.0. The number of nitrogens with one attached hydrogen (secondary N) is 1. The van der Waals surface area contributed by atoms with Gasteiger partial charge in [-0.05, 0) is 78.0 Å². The second kappa shape index (κ2) is 7.84. The highest BCUT2D eigenvalue weighted by Gasteiger charge is 2.60. The normalized spacial score (nSPS) is 24.8. The summed E-state index contributed by atoms with van der Waals surface area (Å²) in [5, 5.41) is 2.66. The molecule has 3 N–H and O–H groups in total. The van der Waals surface area contributed by atoms with E-state index in [1.54, 1.807) is 12.1 Å². The molecule has 36 heavy (non-hydrogen) atoms. The third-order valence-corrected chi connectivity index (χ3v) is 8.60. The van der Waals surface area contributed by atoms with Gasteiger partial charge in [0.15, 0.2) is 0 Å². The fourth-order valence-electron chi connectivity index (χ4n) is 6.43. The van der Waals surface area contributed by atoms with Crippen LogP contribution in [0.5, 0.6) is 0 Å². The molecule has 5 nitrogen and oxygen atoms in total. The predicted octanol–water partition coefficient (Wildman–Crippen LogP) is 4.55. The summed E-state index contributed by atoms with van der Waals surface area (Å²) >= 11 is 0. The smallest absolute Gasteiger partial charge is 0.254 e. The van der Waals surface area contributed by atoms with E-state index < -0.39 is 17.7 Å². The summed E-state index contributed by atoms with van der Waals surface area (Å²) in [5.41, 5.74) is 10.3. The van der Waals surface area contributed by atoms with Crippen molar-refractivity contribution in [3.63, 3.8) is 0 Å². The van der Waals surface area contributed by atoms with Crippen LogP contribution < -0.4 is 11.1 Å². The Bertz CT molecular complexity index is 1400. The van der Waals surface area contributed by atoms with Crippen molar-refractivity contribution < 1.29 is 13.6 Å². The van der Waals surface area contributed by atoms with Gasteiger partial charge >= 0.3 is 0 Å². The zero-order valence-corrected chi connectivity index (χ0v) is 20.0. The topological polar surface area (TPSA) is 71.2 Å². The Morgan fingerprint density at radius 3 is 2.67 bits per heavy atom. The molecule has 3 fully saturated rings. The predicted molar refractivity (Wildman–Crippen MR) is 134 cm³/mol. The van der Waals surface area contributed by atoms with Gasteiger partial charge in [-0.3, -0.25) is 4.79 Å². The molecule has 2 atom stereocenters. The van der Waals surface area contributed by atoms with Gasteiger partial charge in [0.2, 0.25) is 5.95 Å². The molecule has 1 amide bonds. The van der Waals surface area contributed by atoms with E-state index in [-0.39, 0.29) is 16.8 Å². The zero-order chi connectivity index (χ0) is 24.6. The number of rotatable bonds is 5. The number of anilines is 1. The molecule has 184 valence electrons. The van der Waals surface area contributed by atoms with Crippen LogP contribution in [0.1, 0.15) is 40.7 Å². The minimum absolute atomic E-state index is 0.00565. The number of benzene rings is 2. The lowest BCUT2D eigenvalue weighted by molar-refractivity contribution is 0.0941. The highest BCUT2D eigenvalue weighted by molar-refractivity contribution is 5.98. The quantitative estimate of drug-likeness (QED) is 0.520. The number of pyridine rings is 1. The van der Waals surface area contributed by atoms with Gasteiger partial charge in [0, 0.05) is 42.7 Å². The summed E-state index contributed by atoms with van der Waals surface area (Å²) in [6.45, 7) is 3.99. The van der Waals surface area contributed by atoms with Crippen molar-refractivity contribution in [3.8, 4) is 22.3 Å². The lowest BCUT2D eigenvalue weighted by Crippen LogP contribution is -2.32. The first kappa shape index (κ1) is 21.9. The number of piperidine rings is 1. The van der Waals surface area contributed by atoms with Crippen molar-refractivity contribution in [1.29, 1.82) is 0 Å². The Morgan fingerprint density at radius 1 is 1.08 bits per heavy atom. The number of halogens is 2. The fourth-order valence-corrected chi connectivity index (χ4v) is 6.43. The number of likely N-dealkylation sites (tertiary alicyclic amines) is 1. The summed E-state index contributed by atoms with van der Waals surface area (Å²) in [5.74, 6) is -0.0569. The Hall–Kier alpha value is -3.32. The van der Waals surface area contributed by atoms with Gasteiger partial charge in [-0.25, -0.2) is 9.37 Å². The van der Waals surface area contributed by atoms with Gasteiger partial charge in [-0.1, -0.05) is 24.3 Å². The van der Waals surface area contributed by atoms with Gasteiger partial charge in [-0.2, -0.15) is 4.39 Å². The highest BCUT2D eigenvalue weighted by atomic mass is 19.1. The zero-order valence-electron chi connectivity index (χ0n) is 20.0. The Balaban J connectivity index is 1.20. The summed E-state index contributed by atoms with van der Waals surface area (Å²) in [7, 11) is 0. The molecule has 2 aliphatic carbocycles. The number of fused-ring (bicyclic) bond motifs is 2. The van der Waals surface area contributed by atoms with Gasteiger partial charge in [0.1, 0.15) is 11.6 Å². The minimum Gasteiger partial charge on any atom is -0.383 e. The molecule has 0 unspecified atom stereocenters. The average Bonchev–Trinajstić information content (AvgIpc) is 3.77. The van der Waals surface area contributed by atoms with E-state index in [0.717, 1.165) is 18.4 Å². The van der Waals surface area contributed by atoms with Crippen LogP contribution in [0, 0.1) is 23.6 Å². The first-order valence-electron chi connectivity index (χ1n) is 12.8. The van der Waals surface area contributed by atoms with E-state index in [2.05, 4.69) is 27.3 Å². The molecular formula is C29H28F2N4O. The van der Waals surface area contributed by atoms with Gasteiger partial charge in [0.05, 0.1) is 5.56 Å². The lowest BCUT2D eigenvalue weighted by Gasteiger charge is -2.21. The summed E-state index contributed by atoms with van der Waals surface area (Å²) in [4.78, 5) is 18.7. The molecule has 2 aliphatic heterocycles. The van der Waals surface area contributed by atoms with E-state index in [0.29, 0.717) is 40.8 Å². The van der Waals surface area contributed by atoms with Gasteiger partial charge in [-0.15, -0.1) is 0 Å². The van der Waals surface area contributed by atoms with Crippen LogP contribution in [0.15, 0.2) is 42.5 Å². The number of nitrogen functional groups attached to an aromatic ring is 1. The molecule has 0 spiro atoms. The molecule has 3 aromatic rings. The number of nitrogens with two attached hydrogens (primary N) is 1. The number of carbonyl (C=O) groups is 1. The Morgan fingerprint density at radius 2 is 1.89 bits per heavy atom. The molecule has 7 heteroatoms. The first-order valence-corrected chi connectivity index (χ1v) is 12.8. The van der Waals surface area contributed by atoms with Crippen LogP contribution in [-0.2, 0) is 11.8 Å². The van der Waals surface area contributed by atoms with E-state index in [1.807, 2.05) is 12.1 Å². The molecule has 0 bridgehead atoms. The number of hydrogen-bond donors (Lipinski definition) is 2. The van der Waals surface area contributed by atoms with Crippen molar-refractivity contribution in [2.75, 3.05) is 31.9 Å². The van der Waals surface area contributed by atoms with Crippen LogP contribution in [-0.4, -0.2) is 42.0 Å². The van der Waals surface area contributed by atoms with E-state index in [1.165, 1.54) is 44.0 Å². The van der Waals surface area contributed by atoms with Crippen molar-refractivity contribution in [1.82, 2.24) is 15.2 Å². The molecule has 0 radical (unpaired) electrons.